The minimum absolute atomic E-state index is 0.212. The molecule has 1 aliphatic rings. The molecule has 5 nitrogen and oxygen atoms in total. The first-order valence-electron chi connectivity index (χ1n) is 7.98. The minimum atomic E-state index is -3.15. The monoisotopic (exact) mass is 347 g/mol. The van der Waals surface area contributed by atoms with Crippen molar-refractivity contribution in [3.8, 4) is 0 Å². The van der Waals surface area contributed by atoms with Crippen LogP contribution in [0.2, 0.25) is 0 Å². The number of carbonyl (C=O) groups excluding carboxylic acids is 1. The second kappa shape index (κ2) is 6.43. The number of fused-ring (bicyclic) bond motifs is 1. The molecule has 0 unspecified atom stereocenters. The lowest BCUT2D eigenvalue weighted by molar-refractivity contribution is -0.126. The minimum Gasteiger partial charge on any atom is -0.457 e. The van der Waals surface area contributed by atoms with E-state index < -0.39 is 15.1 Å². The summed E-state index contributed by atoms with van der Waals surface area (Å²) in [5.41, 5.74) is 0.769. The number of carbonyl (C=O) groups is 1. The van der Waals surface area contributed by atoms with Gasteiger partial charge in [0.25, 0.3) is 0 Å². The van der Waals surface area contributed by atoms with E-state index in [1.165, 1.54) is 17.2 Å². The number of amides is 1. The number of para-hydroxylation sites is 1. The molecule has 0 radical (unpaired) electrons. The normalized spacial score (nSPS) is 21.6. The maximum atomic E-state index is 12.4. The first-order chi connectivity index (χ1) is 11.4. The number of likely N-dealkylation sites (N-methyl/N-ethyl adjacent to an activating group) is 1. The number of furan rings is 1. The van der Waals surface area contributed by atoms with Gasteiger partial charge in [-0.1, -0.05) is 18.2 Å². The van der Waals surface area contributed by atoms with Gasteiger partial charge in [-0.25, -0.2) is 8.42 Å². The first kappa shape index (κ1) is 16.8. The van der Waals surface area contributed by atoms with Crippen LogP contribution in [0.25, 0.3) is 17.0 Å². The molecule has 24 heavy (non-hydrogen) atoms. The van der Waals surface area contributed by atoms with Crippen molar-refractivity contribution in [2.45, 2.75) is 30.6 Å². The Balaban J connectivity index is 1.74. The number of rotatable bonds is 4. The van der Waals surface area contributed by atoms with Gasteiger partial charge in [0.05, 0.1) is 5.25 Å². The molecule has 1 heterocycles. The van der Waals surface area contributed by atoms with Crippen LogP contribution in [0.3, 0.4) is 0 Å². The average molecular weight is 347 g/mol. The van der Waals surface area contributed by atoms with Crippen molar-refractivity contribution in [3.63, 3.8) is 0 Å². The van der Waals surface area contributed by atoms with Gasteiger partial charge in [-0.3, -0.25) is 4.79 Å². The lowest BCUT2D eigenvalue weighted by Crippen LogP contribution is -2.43. The summed E-state index contributed by atoms with van der Waals surface area (Å²) in [6, 6.07) is 9.25. The van der Waals surface area contributed by atoms with Crippen LogP contribution in [0, 0.1) is 0 Å². The van der Waals surface area contributed by atoms with Crippen LogP contribution in [0.15, 0.2) is 40.8 Å². The van der Waals surface area contributed by atoms with Gasteiger partial charge >= 0.3 is 0 Å². The Hall–Kier alpha value is -2.08. The Bertz CT molecular complexity index is 848. The third-order valence-electron chi connectivity index (χ3n) is 4.65. The molecule has 2 atom stereocenters. The number of sulfone groups is 1. The molecule has 3 rings (SSSR count). The van der Waals surface area contributed by atoms with Gasteiger partial charge in [-0.05, 0) is 37.5 Å². The van der Waals surface area contributed by atoms with Gasteiger partial charge in [0, 0.05) is 30.8 Å². The lowest BCUT2D eigenvalue weighted by atomic mass is 10.2. The summed E-state index contributed by atoms with van der Waals surface area (Å²) in [7, 11) is -1.49. The van der Waals surface area contributed by atoms with Crippen LogP contribution >= 0.6 is 0 Å². The van der Waals surface area contributed by atoms with Crippen LogP contribution in [-0.4, -0.2) is 43.8 Å². The fourth-order valence-electron chi connectivity index (χ4n) is 3.37. The van der Waals surface area contributed by atoms with Gasteiger partial charge in [0.1, 0.15) is 11.3 Å². The highest BCUT2D eigenvalue weighted by atomic mass is 32.2. The van der Waals surface area contributed by atoms with Crippen molar-refractivity contribution in [3.05, 3.63) is 42.2 Å². The standard InChI is InChI=1S/C18H21NO4S/c1-19(15-7-5-9-17(15)24(2,21)22)18(20)11-10-14-12-13-6-3-4-8-16(13)23-14/h3-4,6,8,10-12,15,17H,5,7,9H2,1-2H3/b11-10-/t15-,17-/m1/s1. The second-order valence-electron chi connectivity index (χ2n) is 6.34. The molecule has 1 amide bonds. The van der Waals surface area contributed by atoms with E-state index in [1.807, 2.05) is 30.3 Å². The predicted molar refractivity (Wildman–Crippen MR) is 94.3 cm³/mol. The molecule has 1 saturated carbocycles. The molecular weight excluding hydrogens is 326 g/mol. The molecule has 0 saturated heterocycles. The quantitative estimate of drug-likeness (QED) is 0.798. The molecule has 2 aromatic rings. The Morgan fingerprint density at radius 3 is 2.75 bits per heavy atom. The maximum Gasteiger partial charge on any atom is 0.246 e. The number of nitrogens with zero attached hydrogens (tertiary/aromatic N) is 1. The van der Waals surface area contributed by atoms with E-state index in [0.29, 0.717) is 12.2 Å². The SMILES string of the molecule is CN(C(=O)/C=C\c1cc2ccccc2o1)[C@@H]1CCC[C@H]1S(C)(=O)=O. The highest BCUT2D eigenvalue weighted by Gasteiger charge is 2.38. The average Bonchev–Trinajstić information content (AvgIpc) is 3.17. The van der Waals surface area contributed by atoms with Crippen molar-refractivity contribution in [2.24, 2.45) is 0 Å². The molecule has 0 aliphatic heterocycles. The summed E-state index contributed by atoms with van der Waals surface area (Å²) in [5.74, 6) is 0.389. The van der Waals surface area contributed by atoms with Crippen molar-refractivity contribution < 1.29 is 17.6 Å². The fourth-order valence-corrected chi connectivity index (χ4v) is 4.85. The topological polar surface area (TPSA) is 67.6 Å². The van der Waals surface area contributed by atoms with Crippen molar-refractivity contribution in [1.82, 2.24) is 4.90 Å². The third kappa shape index (κ3) is 3.38. The molecule has 1 aliphatic carbocycles. The maximum absolute atomic E-state index is 12.4. The lowest BCUT2D eigenvalue weighted by Gasteiger charge is -2.27. The van der Waals surface area contributed by atoms with E-state index in [2.05, 4.69) is 0 Å². The number of hydrogen-bond acceptors (Lipinski definition) is 4. The summed E-state index contributed by atoms with van der Waals surface area (Å²) in [5, 5.41) is 0.511. The van der Waals surface area contributed by atoms with E-state index >= 15 is 0 Å². The Morgan fingerprint density at radius 1 is 1.29 bits per heavy atom. The van der Waals surface area contributed by atoms with Crippen molar-refractivity contribution >= 4 is 32.8 Å². The van der Waals surface area contributed by atoms with Gasteiger partial charge in [-0.15, -0.1) is 0 Å². The molecular formula is C18H21NO4S. The smallest absolute Gasteiger partial charge is 0.246 e. The van der Waals surface area contributed by atoms with E-state index in [1.54, 1.807) is 13.1 Å². The Labute approximate surface area is 141 Å². The molecule has 6 heteroatoms. The highest BCUT2D eigenvalue weighted by molar-refractivity contribution is 7.91. The summed E-state index contributed by atoms with van der Waals surface area (Å²) in [6.07, 6.45) is 6.48. The predicted octanol–water partition coefficient (Wildman–Crippen LogP) is 2.87. The molecule has 1 aromatic carbocycles. The van der Waals surface area contributed by atoms with E-state index in [0.717, 1.165) is 23.8 Å². The zero-order valence-electron chi connectivity index (χ0n) is 13.8. The molecule has 0 N–H and O–H groups in total. The molecule has 1 aromatic heterocycles. The largest absolute Gasteiger partial charge is 0.457 e. The second-order valence-corrected chi connectivity index (χ2v) is 8.60. The van der Waals surface area contributed by atoms with E-state index in [-0.39, 0.29) is 11.9 Å². The summed E-state index contributed by atoms with van der Waals surface area (Å²) < 4.78 is 29.4. The summed E-state index contributed by atoms with van der Waals surface area (Å²) >= 11 is 0. The van der Waals surface area contributed by atoms with Crippen LogP contribution in [0.4, 0.5) is 0 Å². The van der Waals surface area contributed by atoms with Gasteiger partial charge in [0.15, 0.2) is 9.84 Å². The van der Waals surface area contributed by atoms with Gasteiger partial charge in [-0.2, -0.15) is 0 Å². The summed E-state index contributed by atoms with van der Waals surface area (Å²) in [4.78, 5) is 13.9. The van der Waals surface area contributed by atoms with Crippen LogP contribution in [-0.2, 0) is 14.6 Å². The van der Waals surface area contributed by atoms with Crippen molar-refractivity contribution in [1.29, 1.82) is 0 Å². The number of benzene rings is 1. The zero-order valence-corrected chi connectivity index (χ0v) is 14.6. The van der Waals surface area contributed by atoms with Gasteiger partial charge < -0.3 is 9.32 Å². The molecule has 1 fully saturated rings. The van der Waals surface area contributed by atoms with E-state index in [9.17, 15) is 13.2 Å². The molecule has 0 bridgehead atoms. The summed E-state index contributed by atoms with van der Waals surface area (Å²) in [6.45, 7) is 0. The first-order valence-corrected chi connectivity index (χ1v) is 9.94. The van der Waals surface area contributed by atoms with Crippen LogP contribution in [0.5, 0.6) is 0 Å². The van der Waals surface area contributed by atoms with Gasteiger partial charge in [0.2, 0.25) is 5.91 Å². The molecule has 0 spiro atoms. The zero-order chi connectivity index (χ0) is 17.3. The van der Waals surface area contributed by atoms with E-state index in [4.69, 9.17) is 4.42 Å². The van der Waals surface area contributed by atoms with Crippen LogP contribution < -0.4 is 0 Å². The fraction of sp³-hybridized carbons (Fsp3) is 0.389. The van der Waals surface area contributed by atoms with Crippen LogP contribution in [0.1, 0.15) is 25.0 Å². The number of hydrogen-bond donors (Lipinski definition) is 0. The third-order valence-corrected chi connectivity index (χ3v) is 6.30. The Morgan fingerprint density at radius 2 is 2.04 bits per heavy atom. The Kier molecular flexibility index (Phi) is 4.49. The molecule has 128 valence electrons. The highest BCUT2D eigenvalue weighted by Crippen LogP contribution is 2.29. The van der Waals surface area contributed by atoms with Crippen molar-refractivity contribution in [2.75, 3.05) is 13.3 Å².